The van der Waals surface area contributed by atoms with Crippen LogP contribution in [0.5, 0.6) is 5.75 Å². The summed E-state index contributed by atoms with van der Waals surface area (Å²) in [5, 5.41) is 11.1. The van der Waals surface area contributed by atoms with Gasteiger partial charge in [0.15, 0.2) is 6.54 Å². The van der Waals surface area contributed by atoms with Gasteiger partial charge in [-0.3, -0.25) is 0 Å². The number of aromatic hydroxyl groups is 1. The lowest BCUT2D eigenvalue weighted by Gasteiger charge is -2.04. The fourth-order valence-electron chi connectivity index (χ4n) is 2.56. The molecule has 0 aliphatic heterocycles. The third-order valence-electron chi connectivity index (χ3n) is 3.65. The molecule has 3 heteroatoms. The van der Waals surface area contributed by atoms with Crippen LogP contribution in [0.1, 0.15) is 11.3 Å². The molecule has 0 radical (unpaired) electrons. The maximum absolute atomic E-state index is 9.87. The van der Waals surface area contributed by atoms with Gasteiger partial charge in [-0.25, -0.2) is 0 Å². The molecule has 110 valence electrons. The zero-order valence-corrected chi connectivity index (χ0v) is 14.3. The lowest BCUT2D eigenvalue weighted by Crippen LogP contribution is -2.38. The highest BCUT2D eigenvalue weighted by atomic mass is 127. The van der Waals surface area contributed by atoms with Crippen LogP contribution in [-0.2, 0) is 6.54 Å². The second kappa shape index (κ2) is 6.92. The number of hydrogen-bond donors (Lipinski definition) is 1. The van der Waals surface area contributed by atoms with Crippen molar-refractivity contribution in [2.75, 3.05) is 4.43 Å². The number of halogens is 1. The Morgan fingerprint density at radius 1 is 0.909 bits per heavy atom. The highest BCUT2D eigenvalue weighted by Gasteiger charge is 2.12. The number of phenols is 1. The summed E-state index contributed by atoms with van der Waals surface area (Å²) in [4.78, 5) is 0. The molecule has 0 saturated carbocycles. The van der Waals surface area contributed by atoms with Crippen LogP contribution in [0.15, 0.2) is 60.7 Å². The molecule has 2 nitrogen and oxygen atoms in total. The van der Waals surface area contributed by atoms with Crippen LogP contribution in [0.3, 0.4) is 0 Å². The van der Waals surface area contributed by atoms with E-state index in [1.807, 2.05) is 24.3 Å². The summed E-state index contributed by atoms with van der Waals surface area (Å²) in [6, 6.07) is 20.1. The molecule has 1 aromatic heterocycles. The Morgan fingerprint density at radius 3 is 2.50 bits per heavy atom. The van der Waals surface area contributed by atoms with Crippen LogP contribution in [0.25, 0.3) is 23.1 Å². The van der Waals surface area contributed by atoms with Crippen molar-refractivity contribution in [3.05, 3.63) is 71.9 Å². The molecule has 0 aliphatic carbocycles. The molecule has 0 fully saturated rings. The van der Waals surface area contributed by atoms with E-state index in [1.54, 1.807) is 6.07 Å². The number of phenolic OH excluding ortho intramolecular Hbond substituents is 1. The molecule has 1 N–H and O–H groups in total. The third-order valence-corrected chi connectivity index (χ3v) is 4.13. The molecule has 0 aliphatic rings. The molecule has 3 aromatic rings. The summed E-state index contributed by atoms with van der Waals surface area (Å²) in [6.45, 7) is 0.961. The number of benzene rings is 2. The van der Waals surface area contributed by atoms with Gasteiger partial charge in [-0.1, -0.05) is 52.9 Å². The van der Waals surface area contributed by atoms with Gasteiger partial charge in [-0.15, -0.1) is 0 Å². The molecule has 2 aromatic carbocycles. The summed E-state index contributed by atoms with van der Waals surface area (Å²) < 4.78 is 3.37. The minimum Gasteiger partial charge on any atom is -0.507 e. The van der Waals surface area contributed by atoms with Crippen LogP contribution in [0.2, 0.25) is 0 Å². The van der Waals surface area contributed by atoms with Gasteiger partial charge in [0.05, 0.1) is 4.43 Å². The number of rotatable bonds is 4. The fraction of sp³-hybridized carbons (Fsp3) is 0.105. The van der Waals surface area contributed by atoms with Crippen molar-refractivity contribution >= 4 is 45.6 Å². The fourth-order valence-corrected chi connectivity index (χ4v) is 3.04. The first-order chi connectivity index (χ1) is 10.8. The Balaban J connectivity index is 2.07. The van der Waals surface area contributed by atoms with Gasteiger partial charge in [-0.2, -0.15) is 4.57 Å². The van der Waals surface area contributed by atoms with Gasteiger partial charge in [0, 0.05) is 29.2 Å². The van der Waals surface area contributed by atoms with Gasteiger partial charge in [0.1, 0.15) is 5.75 Å². The quantitative estimate of drug-likeness (QED) is 0.390. The van der Waals surface area contributed by atoms with Crippen molar-refractivity contribution in [1.29, 1.82) is 0 Å². The van der Waals surface area contributed by atoms with Gasteiger partial charge < -0.3 is 5.11 Å². The standard InChI is InChI=1S/C19H16INO/c20-13-14-21-17(11-9-15-5-1-3-7-18(15)21)12-10-16-6-2-4-8-19(16)22/h1-12H,13-14H2/p+1. The zero-order chi connectivity index (χ0) is 15.4. The Morgan fingerprint density at radius 2 is 1.68 bits per heavy atom. The predicted octanol–water partition coefficient (Wildman–Crippen LogP) is 4.44. The van der Waals surface area contributed by atoms with E-state index in [1.165, 1.54) is 10.9 Å². The van der Waals surface area contributed by atoms with E-state index in [2.05, 4.69) is 69.6 Å². The Kier molecular flexibility index (Phi) is 4.73. The molecule has 3 rings (SSSR count). The number of nitrogens with zero attached hydrogens (tertiary/aromatic N) is 1. The molecular weight excluding hydrogens is 385 g/mol. The maximum atomic E-state index is 9.87. The van der Waals surface area contributed by atoms with Gasteiger partial charge in [0.2, 0.25) is 11.2 Å². The first kappa shape index (κ1) is 15.0. The van der Waals surface area contributed by atoms with E-state index in [0.29, 0.717) is 5.75 Å². The average Bonchev–Trinajstić information content (AvgIpc) is 2.55. The average molecular weight is 402 g/mol. The van der Waals surface area contributed by atoms with Crippen LogP contribution in [0.4, 0.5) is 0 Å². The SMILES string of the molecule is Oc1ccccc1C=Cc1ccc2ccccc2[n+]1CCI. The molecule has 0 bridgehead atoms. The molecule has 0 unspecified atom stereocenters. The second-order valence-electron chi connectivity index (χ2n) is 5.05. The smallest absolute Gasteiger partial charge is 0.212 e. The lowest BCUT2D eigenvalue weighted by molar-refractivity contribution is -0.667. The lowest BCUT2D eigenvalue weighted by atomic mass is 10.1. The number of hydrogen-bond acceptors (Lipinski definition) is 1. The molecule has 0 spiro atoms. The number of fused-ring (bicyclic) bond motifs is 1. The zero-order valence-electron chi connectivity index (χ0n) is 12.1. The minimum absolute atomic E-state index is 0.306. The van der Waals surface area contributed by atoms with Gasteiger partial charge in [0.25, 0.3) is 0 Å². The Bertz CT molecular complexity index is 827. The molecule has 1 heterocycles. The molecule has 22 heavy (non-hydrogen) atoms. The largest absolute Gasteiger partial charge is 0.507 e. The summed E-state index contributed by atoms with van der Waals surface area (Å²) in [5.41, 5.74) is 3.20. The van der Waals surface area contributed by atoms with Crippen LogP contribution >= 0.6 is 22.6 Å². The van der Waals surface area contributed by atoms with Crippen molar-refractivity contribution in [3.63, 3.8) is 0 Å². The molecule has 0 amide bonds. The molecule has 0 atom stereocenters. The van der Waals surface area contributed by atoms with Crippen molar-refractivity contribution < 1.29 is 9.67 Å². The van der Waals surface area contributed by atoms with Crippen molar-refractivity contribution in [1.82, 2.24) is 0 Å². The highest BCUT2D eigenvalue weighted by molar-refractivity contribution is 14.1. The van der Waals surface area contributed by atoms with E-state index in [9.17, 15) is 5.11 Å². The van der Waals surface area contributed by atoms with Crippen LogP contribution in [0, 0.1) is 0 Å². The highest BCUT2D eigenvalue weighted by Crippen LogP contribution is 2.19. The minimum atomic E-state index is 0.306. The normalized spacial score (nSPS) is 11.3. The van der Waals surface area contributed by atoms with E-state index in [-0.39, 0.29) is 0 Å². The number of para-hydroxylation sites is 2. The van der Waals surface area contributed by atoms with Crippen LogP contribution < -0.4 is 4.57 Å². The Hall–Kier alpha value is -1.88. The topological polar surface area (TPSA) is 24.1 Å². The third kappa shape index (κ3) is 3.14. The summed E-state index contributed by atoms with van der Waals surface area (Å²) in [5.74, 6) is 0.306. The first-order valence-corrected chi connectivity index (χ1v) is 8.76. The number of aryl methyl sites for hydroxylation is 1. The van der Waals surface area contributed by atoms with Gasteiger partial charge in [-0.05, 0) is 24.3 Å². The number of alkyl halides is 1. The van der Waals surface area contributed by atoms with Crippen molar-refractivity contribution in [3.8, 4) is 5.75 Å². The summed E-state index contributed by atoms with van der Waals surface area (Å²) >= 11 is 2.40. The van der Waals surface area contributed by atoms with Crippen molar-refractivity contribution in [2.24, 2.45) is 0 Å². The van der Waals surface area contributed by atoms with Crippen molar-refractivity contribution in [2.45, 2.75) is 6.54 Å². The van der Waals surface area contributed by atoms with E-state index < -0.39 is 0 Å². The maximum Gasteiger partial charge on any atom is 0.212 e. The Labute approximate surface area is 143 Å². The molecule has 0 saturated heterocycles. The summed E-state index contributed by atoms with van der Waals surface area (Å²) in [7, 11) is 0. The monoisotopic (exact) mass is 402 g/mol. The van der Waals surface area contributed by atoms with E-state index >= 15 is 0 Å². The second-order valence-corrected chi connectivity index (χ2v) is 6.13. The van der Waals surface area contributed by atoms with Crippen LogP contribution in [-0.4, -0.2) is 9.53 Å². The summed E-state index contributed by atoms with van der Waals surface area (Å²) in [6.07, 6.45) is 4.02. The molecular formula is C19H17INO+. The predicted molar refractivity (Wildman–Crippen MR) is 100 cm³/mol. The van der Waals surface area contributed by atoms with E-state index in [4.69, 9.17) is 0 Å². The van der Waals surface area contributed by atoms with Gasteiger partial charge >= 0.3 is 0 Å². The number of aromatic nitrogens is 1. The first-order valence-electron chi connectivity index (χ1n) is 7.23. The number of pyridine rings is 1. The van der Waals surface area contributed by atoms with E-state index in [0.717, 1.165) is 22.2 Å².